The minimum absolute atomic E-state index is 0. The maximum Gasteiger partial charge on any atom is 0.417 e. The molecule has 41 heavy (non-hydrogen) atoms. The van der Waals surface area contributed by atoms with Gasteiger partial charge in [0.25, 0.3) is 5.91 Å². The number of anilines is 2. The minimum atomic E-state index is -4.75. The van der Waals surface area contributed by atoms with Crippen molar-refractivity contribution in [2.24, 2.45) is 0 Å². The van der Waals surface area contributed by atoms with Crippen molar-refractivity contribution >= 4 is 59.4 Å². The fraction of sp³-hybridized carbons (Fsp3) is 0.464. The van der Waals surface area contributed by atoms with Gasteiger partial charge < -0.3 is 15.0 Å². The van der Waals surface area contributed by atoms with Crippen LogP contribution in [0.3, 0.4) is 0 Å². The number of nitriles is 1. The molecule has 2 heterocycles. The first kappa shape index (κ1) is 34.6. The van der Waals surface area contributed by atoms with Gasteiger partial charge in [-0.15, -0.1) is 24.8 Å². The average molecular weight is 633 g/mol. The summed E-state index contributed by atoms with van der Waals surface area (Å²) >= 11 is 5.66. The number of hydrogen-bond acceptors (Lipinski definition) is 6. The number of amides is 1. The van der Waals surface area contributed by atoms with Crippen molar-refractivity contribution < 1.29 is 22.7 Å². The molecule has 224 valence electrons. The molecule has 1 amide bonds. The highest BCUT2D eigenvalue weighted by molar-refractivity contribution is 7.81. The first-order valence-corrected chi connectivity index (χ1v) is 13.3. The predicted octanol–water partition coefficient (Wildman–Crippen LogP) is 5.57. The molecule has 0 spiro atoms. The van der Waals surface area contributed by atoms with E-state index in [4.69, 9.17) is 22.2 Å². The van der Waals surface area contributed by atoms with Gasteiger partial charge in [-0.1, -0.05) is 6.92 Å². The summed E-state index contributed by atoms with van der Waals surface area (Å²) < 4.78 is 47.0. The van der Waals surface area contributed by atoms with Crippen molar-refractivity contribution in [3.8, 4) is 11.8 Å². The second kappa shape index (κ2) is 13.6. The van der Waals surface area contributed by atoms with Gasteiger partial charge in [-0.05, 0) is 81.4 Å². The maximum absolute atomic E-state index is 13.6. The summed E-state index contributed by atoms with van der Waals surface area (Å²) in [5.74, 6) is 0.283. The molecule has 2 aromatic carbocycles. The molecule has 0 bridgehead atoms. The van der Waals surface area contributed by atoms with Crippen LogP contribution in [0.25, 0.3) is 0 Å². The summed E-state index contributed by atoms with van der Waals surface area (Å²) in [5, 5.41) is 12.6. The molecule has 0 aromatic heterocycles. The van der Waals surface area contributed by atoms with Crippen molar-refractivity contribution in [3.05, 3.63) is 53.1 Å². The van der Waals surface area contributed by atoms with E-state index in [2.05, 4.69) is 17.1 Å². The Morgan fingerprint density at radius 2 is 1.85 bits per heavy atom. The Bertz CT molecular complexity index is 1320. The molecular weight excluding hydrogens is 598 g/mol. The second-order valence-corrected chi connectivity index (χ2v) is 10.6. The Morgan fingerprint density at radius 3 is 2.46 bits per heavy atom. The van der Waals surface area contributed by atoms with Gasteiger partial charge in [0.05, 0.1) is 22.9 Å². The first-order chi connectivity index (χ1) is 18.4. The van der Waals surface area contributed by atoms with E-state index in [0.717, 1.165) is 54.5 Å². The topological polar surface area (TPSA) is 71.8 Å². The number of carbonyl (C=O) groups is 1. The Hall–Kier alpha value is -2.62. The molecule has 2 saturated heterocycles. The highest BCUT2D eigenvalue weighted by atomic mass is 35.5. The number of alkyl halides is 3. The zero-order valence-corrected chi connectivity index (χ0v) is 25.7. The van der Waals surface area contributed by atoms with E-state index in [1.165, 1.54) is 6.07 Å². The Kier molecular flexibility index (Phi) is 11.4. The monoisotopic (exact) mass is 631 g/mol. The highest BCUT2D eigenvalue weighted by Crippen LogP contribution is 2.40. The molecular formula is C28H34Cl2F3N5O2S. The molecule has 1 atom stereocenters. The van der Waals surface area contributed by atoms with Crippen molar-refractivity contribution in [2.75, 3.05) is 42.6 Å². The van der Waals surface area contributed by atoms with Crippen LogP contribution in [0.5, 0.6) is 5.75 Å². The van der Waals surface area contributed by atoms with Crippen LogP contribution in [0.15, 0.2) is 36.4 Å². The van der Waals surface area contributed by atoms with Crippen LogP contribution in [0.4, 0.5) is 24.5 Å². The molecule has 2 aromatic rings. The number of nitrogens with one attached hydrogen (secondary N) is 1. The predicted molar refractivity (Wildman–Crippen MR) is 163 cm³/mol. The molecule has 1 unspecified atom stereocenters. The van der Waals surface area contributed by atoms with E-state index in [-0.39, 0.29) is 35.6 Å². The summed E-state index contributed by atoms with van der Waals surface area (Å²) in [4.78, 5) is 18.6. The molecule has 0 radical (unpaired) electrons. The maximum atomic E-state index is 13.6. The van der Waals surface area contributed by atoms with Crippen LogP contribution in [0, 0.1) is 11.3 Å². The first-order valence-electron chi connectivity index (χ1n) is 12.9. The van der Waals surface area contributed by atoms with E-state index in [9.17, 15) is 18.0 Å². The van der Waals surface area contributed by atoms with E-state index < -0.39 is 28.7 Å². The Morgan fingerprint density at radius 1 is 1.17 bits per heavy atom. The summed E-state index contributed by atoms with van der Waals surface area (Å²) in [6, 6.07) is 10.8. The molecule has 7 nitrogen and oxygen atoms in total. The van der Waals surface area contributed by atoms with Crippen LogP contribution in [0.1, 0.15) is 44.4 Å². The highest BCUT2D eigenvalue weighted by Gasteiger charge is 2.50. The number of piperazine rings is 1. The number of carbonyl (C=O) groups excluding carboxylic acids is 1. The fourth-order valence-corrected chi connectivity index (χ4v) is 5.59. The lowest BCUT2D eigenvalue weighted by Crippen LogP contribution is -2.50. The summed E-state index contributed by atoms with van der Waals surface area (Å²) in [5.41, 5.74) is -1.25. The van der Waals surface area contributed by atoms with Crippen molar-refractivity contribution in [1.29, 1.82) is 5.26 Å². The smallest absolute Gasteiger partial charge is 0.417 e. The number of rotatable bonds is 7. The third-order valence-electron chi connectivity index (χ3n) is 7.31. The number of aryl methyl sites for hydroxylation is 1. The standard InChI is InChI=1S/C28H32F3N5O2S.2ClH/c1-5-19-14-22(8-9-24(19)38-13-12-34-11-10-33-17-18(34)2)36-26(39)35(25(37)27(36,3)4)21-7-6-20(16-32)23(15-21)28(29,30)31;;/h6-9,14-15,18,33H,5,10-13,17H2,1-4H3;2*1H. The van der Waals surface area contributed by atoms with Gasteiger partial charge >= 0.3 is 6.18 Å². The second-order valence-electron chi connectivity index (χ2n) is 10.2. The van der Waals surface area contributed by atoms with Crippen molar-refractivity contribution in [2.45, 2.75) is 51.9 Å². The number of benzene rings is 2. The molecule has 0 saturated carbocycles. The van der Waals surface area contributed by atoms with E-state index in [0.29, 0.717) is 24.8 Å². The quantitative estimate of drug-likeness (QED) is 0.401. The van der Waals surface area contributed by atoms with E-state index in [1.54, 1.807) is 24.8 Å². The number of halogens is 5. The largest absolute Gasteiger partial charge is 0.492 e. The van der Waals surface area contributed by atoms with Crippen LogP contribution in [0.2, 0.25) is 0 Å². The molecule has 4 rings (SSSR count). The summed E-state index contributed by atoms with van der Waals surface area (Å²) in [6.07, 6.45) is -4.08. The van der Waals surface area contributed by atoms with Gasteiger partial charge in [0.1, 0.15) is 17.9 Å². The van der Waals surface area contributed by atoms with Gasteiger partial charge in [-0.2, -0.15) is 18.4 Å². The van der Waals surface area contributed by atoms with Gasteiger partial charge in [-0.25, -0.2) is 0 Å². The zero-order valence-electron chi connectivity index (χ0n) is 23.2. The number of ether oxygens (including phenoxy) is 1. The van der Waals surface area contributed by atoms with Crippen LogP contribution < -0.4 is 19.9 Å². The van der Waals surface area contributed by atoms with Crippen LogP contribution in [-0.2, 0) is 17.4 Å². The van der Waals surface area contributed by atoms with Gasteiger partial charge in [0.15, 0.2) is 5.11 Å². The van der Waals surface area contributed by atoms with E-state index >= 15 is 0 Å². The number of nitrogens with zero attached hydrogens (tertiary/aromatic N) is 4. The zero-order chi connectivity index (χ0) is 28.5. The lowest BCUT2D eigenvalue weighted by atomic mass is 10.0. The molecule has 2 aliphatic rings. The van der Waals surface area contributed by atoms with Gasteiger partial charge in [-0.3, -0.25) is 14.6 Å². The Balaban J connectivity index is 0.00000294. The van der Waals surface area contributed by atoms with Crippen molar-refractivity contribution in [3.63, 3.8) is 0 Å². The molecule has 13 heteroatoms. The molecule has 0 aliphatic carbocycles. The average Bonchev–Trinajstić information content (AvgIpc) is 3.07. The van der Waals surface area contributed by atoms with Gasteiger partial charge in [0.2, 0.25) is 0 Å². The molecule has 2 aliphatic heterocycles. The third kappa shape index (κ3) is 6.89. The number of hydrogen-bond donors (Lipinski definition) is 1. The fourth-order valence-electron chi connectivity index (χ4n) is 5.07. The molecule has 2 fully saturated rings. The number of thiocarbonyl (C=S) groups is 1. The Labute approximate surface area is 256 Å². The third-order valence-corrected chi connectivity index (χ3v) is 7.68. The lowest BCUT2D eigenvalue weighted by Gasteiger charge is -2.33. The van der Waals surface area contributed by atoms with E-state index in [1.807, 2.05) is 25.1 Å². The van der Waals surface area contributed by atoms with Crippen LogP contribution in [-0.4, -0.2) is 60.3 Å². The minimum Gasteiger partial charge on any atom is -0.492 e. The van der Waals surface area contributed by atoms with Crippen LogP contribution >= 0.6 is 37.0 Å². The normalized spacial score (nSPS) is 18.9. The summed E-state index contributed by atoms with van der Waals surface area (Å²) in [7, 11) is 0. The summed E-state index contributed by atoms with van der Waals surface area (Å²) in [6.45, 7) is 11.8. The van der Waals surface area contributed by atoms with Crippen molar-refractivity contribution in [1.82, 2.24) is 10.2 Å². The SMILES string of the molecule is CCc1cc(N2C(=S)N(c3ccc(C#N)c(C(F)(F)F)c3)C(=O)C2(C)C)ccc1OCCN1CCNCC1C.Cl.Cl. The lowest BCUT2D eigenvalue weighted by molar-refractivity contribution is -0.137. The molecule has 1 N–H and O–H groups in total. The van der Waals surface area contributed by atoms with Gasteiger partial charge in [0, 0.05) is 37.9 Å².